The summed E-state index contributed by atoms with van der Waals surface area (Å²) < 4.78 is 18.8. The van der Waals surface area contributed by atoms with Crippen LogP contribution < -0.4 is 16.0 Å². The molecule has 3 N–H and O–H groups in total. The molecule has 0 aliphatic heterocycles. The van der Waals surface area contributed by atoms with Crippen molar-refractivity contribution in [1.29, 1.82) is 0 Å². The van der Waals surface area contributed by atoms with Crippen molar-refractivity contribution in [2.75, 3.05) is 32.8 Å². The molecule has 6 nitrogen and oxygen atoms in total. The van der Waals surface area contributed by atoms with Gasteiger partial charge in [0.1, 0.15) is 5.82 Å². The highest BCUT2D eigenvalue weighted by Gasteiger charge is 2.12. The lowest BCUT2D eigenvalue weighted by Crippen LogP contribution is -2.41. The smallest absolute Gasteiger partial charge is 0.224 e. The maximum atomic E-state index is 12.9. The Hall–Kier alpha value is -2.15. The number of aliphatic imine (C=N–C) groups is 1. The minimum atomic E-state index is -0.297. The Morgan fingerprint density at radius 1 is 1.10 bits per heavy atom. The molecule has 0 aromatic heterocycles. The Bertz CT molecular complexity index is 616. The number of halogens is 1. The second kappa shape index (κ2) is 13.9. The van der Waals surface area contributed by atoms with Crippen LogP contribution in [0.1, 0.15) is 51.0 Å². The molecule has 1 saturated carbocycles. The van der Waals surface area contributed by atoms with Gasteiger partial charge in [-0.25, -0.2) is 4.39 Å². The van der Waals surface area contributed by atoms with Gasteiger partial charge in [0.25, 0.3) is 0 Å². The maximum Gasteiger partial charge on any atom is 0.224 e. The summed E-state index contributed by atoms with van der Waals surface area (Å²) in [6.45, 7) is 5.34. The van der Waals surface area contributed by atoms with Gasteiger partial charge in [-0.1, -0.05) is 31.4 Å². The van der Waals surface area contributed by atoms with Gasteiger partial charge in [0.05, 0.1) is 12.5 Å². The molecule has 1 aromatic rings. The van der Waals surface area contributed by atoms with Crippen molar-refractivity contribution in [3.63, 3.8) is 0 Å². The van der Waals surface area contributed by atoms with E-state index in [1.807, 2.05) is 6.92 Å². The number of benzene rings is 1. The van der Waals surface area contributed by atoms with E-state index in [-0.39, 0.29) is 18.1 Å². The fraction of sp³-hybridized carbons (Fsp3) is 0.636. The number of hydrogen-bond donors (Lipinski definition) is 3. The minimum absolute atomic E-state index is 0.0831. The van der Waals surface area contributed by atoms with Gasteiger partial charge in [0.2, 0.25) is 5.91 Å². The van der Waals surface area contributed by atoms with Crippen LogP contribution in [0.5, 0.6) is 0 Å². The summed E-state index contributed by atoms with van der Waals surface area (Å²) in [6.07, 6.45) is 7.90. The molecule has 0 unspecified atom stereocenters. The van der Waals surface area contributed by atoms with Crippen molar-refractivity contribution < 1.29 is 13.9 Å². The summed E-state index contributed by atoms with van der Waals surface area (Å²) in [5, 5.41) is 9.29. The van der Waals surface area contributed by atoms with Gasteiger partial charge in [-0.15, -0.1) is 0 Å². The molecule has 7 heteroatoms. The summed E-state index contributed by atoms with van der Waals surface area (Å²) in [5.41, 5.74) is 0.794. The fourth-order valence-electron chi connectivity index (χ4n) is 3.31. The lowest BCUT2D eigenvalue weighted by atomic mass is 9.98. The number of nitrogens with zero attached hydrogens (tertiary/aromatic N) is 1. The third-order valence-electron chi connectivity index (χ3n) is 4.84. The molecule has 0 bridgehead atoms. The zero-order valence-electron chi connectivity index (χ0n) is 17.5. The summed E-state index contributed by atoms with van der Waals surface area (Å²) in [4.78, 5) is 16.5. The first-order valence-corrected chi connectivity index (χ1v) is 10.8. The highest BCUT2D eigenvalue weighted by atomic mass is 19.1. The van der Waals surface area contributed by atoms with Crippen LogP contribution in [0.3, 0.4) is 0 Å². The highest BCUT2D eigenvalue weighted by molar-refractivity contribution is 5.80. The molecule has 162 valence electrons. The largest absolute Gasteiger partial charge is 0.378 e. The van der Waals surface area contributed by atoms with E-state index in [4.69, 9.17) is 4.74 Å². The first-order valence-electron chi connectivity index (χ1n) is 10.8. The molecule has 0 atom stereocenters. The van der Waals surface area contributed by atoms with Crippen molar-refractivity contribution in [2.24, 2.45) is 4.99 Å². The van der Waals surface area contributed by atoms with Gasteiger partial charge in [0.15, 0.2) is 5.96 Å². The van der Waals surface area contributed by atoms with Crippen molar-refractivity contribution in [1.82, 2.24) is 16.0 Å². The standard InChI is InChI=1S/C22H35FN4O2/c1-2-24-22(26-13-6-16-29-20-7-4-3-5-8-20)27-15-14-25-21(28)17-18-9-11-19(23)12-10-18/h9-12,20H,2-8,13-17H2,1H3,(H,25,28)(H2,24,26,27). The third kappa shape index (κ3) is 10.3. The van der Waals surface area contributed by atoms with Crippen molar-refractivity contribution in [3.05, 3.63) is 35.6 Å². The van der Waals surface area contributed by atoms with E-state index in [0.717, 1.165) is 31.1 Å². The maximum absolute atomic E-state index is 12.9. The van der Waals surface area contributed by atoms with E-state index in [9.17, 15) is 9.18 Å². The molecule has 1 amide bonds. The number of nitrogens with one attached hydrogen (secondary N) is 3. The quantitative estimate of drug-likeness (QED) is 0.300. The number of carbonyl (C=O) groups excluding carboxylic acids is 1. The number of ether oxygens (including phenoxy) is 1. The Kier molecular flexibility index (Phi) is 11.1. The van der Waals surface area contributed by atoms with Crippen LogP contribution in [-0.4, -0.2) is 50.8 Å². The summed E-state index contributed by atoms with van der Waals surface area (Å²) in [6, 6.07) is 5.98. The first kappa shape index (κ1) is 23.1. The van der Waals surface area contributed by atoms with Crippen LogP contribution >= 0.6 is 0 Å². The predicted octanol–water partition coefficient (Wildman–Crippen LogP) is 2.78. The van der Waals surface area contributed by atoms with Gasteiger partial charge in [-0.05, 0) is 43.9 Å². The van der Waals surface area contributed by atoms with Crippen LogP contribution in [0.15, 0.2) is 29.3 Å². The molecule has 2 rings (SSSR count). The van der Waals surface area contributed by atoms with Crippen LogP contribution in [0.2, 0.25) is 0 Å². The topological polar surface area (TPSA) is 74.8 Å². The van der Waals surface area contributed by atoms with E-state index < -0.39 is 0 Å². The van der Waals surface area contributed by atoms with Gasteiger partial charge < -0.3 is 20.7 Å². The number of hydrogen-bond acceptors (Lipinski definition) is 3. The van der Waals surface area contributed by atoms with Crippen molar-refractivity contribution in [2.45, 2.75) is 58.0 Å². The molecule has 0 radical (unpaired) electrons. The summed E-state index contributed by atoms with van der Waals surface area (Å²) in [5.74, 6) is 0.368. The minimum Gasteiger partial charge on any atom is -0.378 e. The van der Waals surface area contributed by atoms with Crippen molar-refractivity contribution in [3.8, 4) is 0 Å². The molecule has 1 aromatic carbocycles. The number of amides is 1. The lowest BCUT2D eigenvalue weighted by molar-refractivity contribution is -0.120. The Labute approximate surface area is 173 Å². The Balaban J connectivity index is 1.57. The second-order valence-corrected chi connectivity index (χ2v) is 7.32. The molecular weight excluding hydrogens is 371 g/mol. The van der Waals surface area contributed by atoms with E-state index in [2.05, 4.69) is 20.9 Å². The van der Waals surface area contributed by atoms with E-state index in [0.29, 0.717) is 25.7 Å². The lowest BCUT2D eigenvalue weighted by Gasteiger charge is -2.21. The van der Waals surface area contributed by atoms with E-state index >= 15 is 0 Å². The molecular formula is C22H35FN4O2. The Morgan fingerprint density at radius 2 is 1.83 bits per heavy atom. The van der Waals surface area contributed by atoms with Crippen LogP contribution in [0.25, 0.3) is 0 Å². The van der Waals surface area contributed by atoms with Crippen LogP contribution in [0, 0.1) is 5.82 Å². The molecule has 29 heavy (non-hydrogen) atoms. The second-order valence-electron chi connectivity index (χ2n) is 7.32. The average Bonchev–Trinajstić information content (AvgIpc) is 2.73. The zero-order valence-corrected chi connectivity index (χ0v) is 17.5. The molecule has 1 fully saturated rings. The van der Waals surface area contributed by atoms with Gasteiger partial charge >= 0.3 is 0 Å². The number of carbonyl (C=O) groups is 1. The van der Waals surface area contributed by atoms with Gasteiger partial charge in [0, 0.05) is 32.8 Å². The van der Waals surface area contributed by atoms with Crippen LogP contribution in [0.4, 0.5) is 4.39 Å². The normalized spacial score (nSPS) is 15.2. The van der Waals surface area contributed by atoms with E-state index in [1.54, 1.807) is 12.1 Å². The number of rotatable bonds is 11. The molecule has 0 spiro atoms. The van der Waals surface area contributed by atoms with Gasteiger partial charge in [-0.2, -0.15) is 0 Å². The average molecular weight is 407 g/mol. The fourth-order valence-corrected chi connectivity index (χ4v) is 3.31. The summed E-state index contributed by atoms with van der Waals surface area (Å²) >= 11 is 0. The third-order valence-corrected chi connectivity index (χ3v) is 4.84. The number of guanidine groups is 1. The molecule has 0 saturated heterocycles. The first-order chi connectivity index (χ1) is 14.2. The Morgan fingerprint density at radius 3 is 2.55 bits per heavy atom. The molecule has 1 aliphatic rings. The molecule has 1 aliphatic carbocycles. The molecule has 0 heterocycles. The van der Waals surface area contributed by atoms with Crippen LogP contribution in [-0.2, 0) is 16.0 Å². The predicted molar refractivity (Wildman–Crippen MR) is 115 cm³/mol. The van der Waals surface area contributed by atoms with E-state index in [1.165, 1.54) is 44.2 Å². The highest BCUT2D eigenvalue weighted by Crippen LogP contribution is 2.20. The monoisotopic (exact) mass is 406 g/mol. The van der Waals surface area contributed by atoms with Gasteiger partial charge in [-0.3, -0.25) is 9.79 Å². The zero-order chi connectivity index (χ0) is 20.7. The summed E-state index contributed by atoms with van der Waals surface area (Å²) in [7, 11) is 0. The van der Waals surface area contributed by atoms with Crippen molar-refractivity contribution >= 4 is 11.9 Å². The SMILES string of the molecule is CCNC(=NCCCOC1CCCCC1)NCCNC(=O)Cc1ccc(F)cc1.